The first-order valence-electron chi connectivity index (χ1n) is 7.06. The molecule has 0 amide bonds. The smallest absolute Gasteiger partial charge is 0.142 e. The van der Waals surface area contributed by atoms with E-state index < -0.39 is 5.92 Å². The summed E-state index contributed by atoms with van der Waals surface area (Å²) in [5.74, 6) is 0.346. The molecule has 0 saturated carbocycles. The molecule has 0 saturated heterocycles. The number of rotatable bonds is 7. The first-order valence-corrected chi connectivity index (χ1v) is 7.06. The Kier molecular flexibility index (Phi) is 5.52. The molecule has 1 atom stereocenters. The second-order valence-corrected chi connectivity index (χ2v) is 4.96. The standard InChI is InChI=1S/C18H20O3/c1-21-16-10-8-15(9-11-16)17(13-19)18(20)12-7-14-5-3-2-4-6-14/h2-6,8-11,17,19H,7,12-13H2,1H3. The van der Waals surface area contributed by atoms with Crippen molar-refractivity contribution in [1.29, 1.82) is 0 Å². The van der Waals surface area contributed by atoms with Gasteiger partial charge in [0.1, 0.15) is 11.5 Å². The zero-order valence-electron chi connectivity index (χ0n) is 12.2. The molecule has 0 spiro atoms. The van der Waals surface area contributed by atoms with Crippen LogP contribution in [0.15, 0.2) is 54.6 Å². The number of carbonyl (C=O) groups is 1. The minimum atomic E-state index is -0.459. The number of hydrogen-bond acceptors (Lipinski definition) is 3. The molecule has 0 radical (unpaired) electrons. The Hall–Kier alpha value is -2.13. The molecular formula is C18H20O3. The fourth-order valence-electron chi connectivity index (χ4n) is 2.32. The van der Waals surface area contributed by atoms with E-state index in [9.17, 15) is 9.90 Å². The molecule has 0 fully saturated rings. The van der Waals surface area contributed by atoms with Crippen molar-refractivity contribution in [3.8, 4) is 5.75 Å². The number of carbonyl (C=O) groups excluding carboxylic acids is 1. The number of aliphatic hydroxyl groups excluding tert-OH is 1. The van der Waals surface area contributed by atoms with Gasteiger partial charge in [-0.1, -0.05) is 42.5 Å². The second kappa shape index (κ2) is 7.60. The highest BCUT2D eigenvalue weighted by molar-refractivity contribution is 5.86. The van der Waals surface area contributed by atoms with Crippen molar-refractivity contribution in [2.75, 3.05) is 13.7 Å². The predicted octanol–water partition coefficient (Wildman–Crippen LogP) is 2.97. The molecule has 3 nitrogen and oxygen atoms in total. The Bertz CT molecular complexity index is 561. The summed E-state index contributed by atoms with van der Waals surface area (Å²) >= 11 is 0. The zero-order chi connectivity index (χ0) is 15.1. The molecule has 0 aliphatic carbocycles. The van der Waals surface area contributed by atoms with Crippen LogP contribution in [0.5, 0.6) is 5.75 Å². The third kappa shape index (κ3) is 4.17. The highest BCUT2D eigenvalue weighted by Gasteiger charge is 2.19. The molecule has 21 heavy (non-hydrogen) atoms. The second-order valence-electron chi connectivity index (χ2n) is 4.96. The third-order valence-corrected chi connectivity index (χ3v) is 3.59. The highest BCUT2D eigenvalue weighted by Crippen LogP contribution is 2.21. The minimum Gasteiger partial charge on any atom is -0.497 e. The molecule has 1 N–H and O–H groups in total. The number of ether oxygens (including phenoxy) is 1. The van der Waals surface area contributed by atoms with E-state index in [1.54, 1.807) is 7.11 Å². The lowest BCUT2D eigenvalue weighted by Gasteiger charge is -2.14. The molecule has 0 aliphatic heterocycles. The van der Waals surface area contributed by atoms with Crippen LogP contribution in [0, 0.1) is 0 Å². The van der Waals surface area contributed by atoms with Gasteiger partial charge in [-0.15, -0.1) is 0 Å². The first-order chi connectivity index (χ1) is 10.2. The Balaban J connectivity index is 2.00. The van der Waals surface area contributed by atoms with E-state index in [0.717, 1.165) is 16.9 Å². The van der Waals surface area contributed by atoms with Gasteiger partial charge >= 0.3 is 0 Å². The van der Waals surface area contributed by atoms with Crippen molar-refractivity contribution >= 4 is 5.78 Å². The van der Waals surface area contributed by atoms with Crippen molar-refractivity contribution < 1.29 is 14.6 Å². The molecule has 2 rings (SSSR count). The Morgan fingerprint density at radius 3 is 2.33 bits per heavy atom. The topological polar surface area (TPSA) is 46.5 Å². The Morgan fingerprint density at radius 2 is 1.76 bits per heavy atom. The van der Waals surface area contributed by atoms with Gasteiger partial charge in [0.2, 0.25) is 0 Å². The number of benzene rings is 2. The van der Waals surface area contributed by atoms with Crippen molar-refractivity contribution in [1.82, 2.24) is 0 Å². The van der Waals surface area contributed by atoms with Crippen molar-refractivity contribution in [2.45, 2.75) is 18.8 Å². The van der Waals surface area contributed by atoms with Crippen molar-refractivity contribution in [3.63, 3.8) is 0 Å². The molecule has 3 heteroatoms. The van der Waals surface area contributed by atoms with Crippen LogP contribution >= 0.6 is 0 Å². The molecule has 0 aliphatic rings. The number of hydrogen-bond donors (Lipinski definition) is 1. The van der Waals surface area contributed by atoms with Crippen LogP contribution in [0.2, 0.25) is 0 Å². The molecule has 2 aromatic carbocycles. The van der Waals surface area contributed by atoms with E-state index in [-0.39, 0.29) is 12.4 Å². The SMILES string of the molecule is COc1ccc(C(CO)C(=O)CCc2ccccc2)cc1. The fraction of sp³-hybridized carbons (Fsp3) is 0.278. The van der Waals surface area contributed by atoms with Crippen LogP contribution in [0.4, 0.5) is 0 Å². The summed E-state index contributed by atoms with van der Waals surface area (Å²) in [6, 6.07) is 17.2. The fourth-order valence-corrected chi connectivity index (χ4v) is 2.32. The summed E-state index contributed by atoms with van der Waals surface area (Å²) in [6.45, 7) is -0.167. The molecule has 0 aromatic heterocycles. The summed E-state index contributed by atoms with van der Waals surface area (Å²) in [5.41, 5.74) is 1.97. The number of Topliss-reactive ketones (excluding diaryl/α,β-unsaturated/α-hetero) is 1. The normalized spacial score (nSPS) is 11.9. The summed E-state index contributed by atoms with van der Waals surface area (Å²) in [5, 5.41) is 9.52. The lowest BCUT2D eigenvalue weighted by molar-refractivity contribution is -0.121. The van der Waals surface area contributed by atoms with Gasteiger partial charge in [-0.25, -0.2) is 0 Å². The van der Waals surface area contributed by atoms with Gasteiger partial charge in [-0.05, 0) is 29.7 Å². The summed E-state index contributed by atoms with van der Waals surface area (Å²) in [6.07, 6.45) is 1.13. The molecule has 110 valence electrons. The molecule has 2 aromatic rings. The highest BCUT2D eigenvalue weighted by atomic mass is 16.5. The van der Waals surface area contributed by atoms with Gasteiger partial charge in [0.25, 0.3) is 0 Å². The zero-order valence-corrected chi connectivity index (χ0v) is 12.2. The van der Waals surface area contributed by atoms with E-state index in [0.29, 0.717) is 12.8 Å². The number of ketones is 1. The third-order valence-electron chi connectivity index (χ3n) is 3.59. The average molecular weight is 284 g/mol. The predicted molar refractivity (Wildman–Crippen MR) is 82.6 cm³/mol. The van der Waals surface area contributed by atoms with Gasteiger partial charge in [-0.2, -0.15) is 0 Å². The van der Waals surface area contributed by atoms with Gasteiger partial charge in [0, 0.05) is 6.42 Å². The number of aryl methyl sites for hydroxylation is 1. The summed E-state index contributed by atoms with van der Waals surface area (Å²) in [7, 11) is 1.60. The van der Waals surface area contributed by atoms with Gasteiger partial charge < -0.3 is 9.84 Å². The summed E-state index contributed by atoms with van der Waals surface area (Å²) < 4.78 is 5.10. The van der Waals surface area contributed by atoms with Crippen LogP contribution in [-0.2, 0) is 11.2 Å². The molecule has 1 unspecified atom stereocenters. The maximum absolute atomic E-state index is 12.3. The summed E-state index contributed by atoms with van der Waals surface area (Å²) in [4.78, 5) is 12.3. The number of methoxy groups -OCH3 is 1. The van der Waals surface area contributed by atoms with Crippen LogP contribution in [0.25, 0.3) is 0 Å². The van der Waals surface area contributed by atoms with E-state index >= 15 is 0 Å². The Morgan fingerprint density at radius 1 is 1.10 bits per heavy atom. The quantitative estimate of drug-likeness (QED) is 0.850. The maximum Gasteiger partial charge on any atom is 0.142 e. The lowest BCUT2D eigenvalue weighted by Crippen LogP contribution is -2.17. The number of aliphatic hydroxyl groups is 1. The largest absolute Gasteiger partial charge is 0.497 e. The molecule has 0 heterocycles. The van der Waals surface area contributed by atoms with E-state index in [2.05, 4.69) is 0 Å². The monoisotopic (exact) mass is 284 g/mol. The van der Waals surface area contributed by atoms with Crippen LogP contribution < -0.4 is 4.74 Å². The maximum atomic E-state index is 12.3. The van der Waals surface area contributed by atoms with E-state index in [1.165, 1.54) is 0 Å². The lowest BCUT2D eigenvalue weighted by atomic mass is 9.92. The van der Waals surface area contributed by atoms with Gasteiger partial charge in [0.05, 0.1) is 19.6 Å². The van der Waals surface area contributed by atoms with Crippen LogP contribution in [-0.4, -0.2) is 24.6 Å². The Labute approximate surface area is 125 Å². The van der Waals surface area contributed by atoms with Crippen LogP contribution in [0.1, 0.15) is 23.5 Å². The molecular weight excluding hydrogens is 264 g/mol. The average Bonchev–Trinajstić information content (AvgIpc) is 2.55. The van der Waals surface area contributed by atoms with Gasteiger partial charge in [-0.3, -0.25) is 4.79 Å². The first kappa shape index (κ1) is 15.3. The minimum absolute atomic E-state index is 0.0616. The van der Waals surface area contributed by atoms with Crippen molar-refractivity contribution in [3.05, 3.63) is 65.7 Å². The van der Waals surface area contributed by atoms with E-state index in [4.69, 9.17) is 4.74 Å². The van der Waals surface area contributed by atoms with Gasteiger partial charge in [0.15, 0.2) is 0 Å². The van der Waals surface area contributed by atoms with E-state index in [1.807, 2.05) is 54.6 Å². The molecule has 0 bridgehead atoms. The van der Waals surface area contributed by atoms with Crippen LogP contribution in [0.3, 0.4) is 0 Å². The van der Waals surface area contributed by atoms with Crippen molar-refractivity contribution in [2.24, 2.45) is 0 Å².